The van der Waals surface area contributed by atoms with Crippen molar-refractivity contribution in [2.75, 3.05) is 24.7 Å². The van der Waals surface area contributed by atoms with Crippen LogP contribution in [-0.4, -0.2) is 54.8 Å². The maximum Gasteiger partial charge on any atom is 0.348 e. The quantitative estimate of drug-likeness (QED) is 0.281. The molecule has 1 aliphatic heterocycles. The van der Waals surface area contributed by atoms with E-state index in [9.17, 15) is 8.42 Å². The zero-order valence-corrected chi connectivity index (χ0v) is 17.9. The van der Waals surface area contributed by atoms with Crippen molar-refractivity contribution in [3.05, 3.63) is 47.0 Å². The number of nitrogens with two attached hydrogens (primary N) is 1. The predicted octanol–water partition coefficient (Wildman–Crippen LogP) is 1.26. The highest BCUT2D eigenvalue weighted by Gasteiger charge is 2.27. The van der Waals surface area contributed by atoms with E-state index in [0.717, 1.165) is 15.8 Å². The Hall–Kier alpha value is -2.64. The van der Waals surface area contributed by atoms with E-state index in [1.165, 1.54) is 18.4 Å². The summed E-state index contributed by atoms with van der Waals surface area (Å²) in [6, 6.07) is 8.98. The lowest BCUT2D eigenvalue weighted by molar-refractivity contribution is 0.547. The van der Waals surface area contributed by atoms with E-state index < -0.39 is 10.2 Å². The highest BCUT2D eigenvalue weighted by atomic mass is 32.2. The normalized spacial score (nSPS) is 15.4. The molecule has 5 N–H and O–H groups in total. The van der Waals surface area contributed by atoms with Gasteiger partial charge in [0.15, 0.2) is 16.9 Å². The maximum absolute atomic E-state index is 12.3. The van der Waals surface area contributed by atoms with Crippen LogP contribution < -0.4 is 16.4 Å². The van der Waals surface area contributed by atoms with Crippen LogP contribution in [0, 0.1) is 5.41 Å². The second-order valence-electron chi connectivity index (χ2n) is 5.82. The lowest BCUT2D eigenvalue weighted by atomic mass is 10.2. The number of aliphatic imine (C=N–C) groups is 1. The van der Waals surface area contributed by atoms with Crippen LogP contribution >= 0.6 is 23.1 Å². The molecule has 0 radical (unpaired) electrons. The Morgan fingerprint density at radius 1 is 1.34 bits per heavy atom. The molecule has 10 nitrogen and oxygen atoms in total. The number of benzene rings is 1. The summed E-state index contributed by atoms with van der Waals surface area (Å²) in [6.07, 6.45) is 0. The number of hydrogen-bond acceptors (Lipinski definition) is 8. The van der Waals surface area contributed by atoms with Crippen molar-refractivity contribution >= 4 is 56.2 Å². The van der Waals surface area contributed by atoms with Gasteiger partial charge in [-0.05, 0) is 0 Å². The van der Waals surface area contributed by atoms with Crippen LogP contribution in [0.2, 0.25) is 0 Å². The van der Waals surface area contributed by atoms with Gasteiger partial charge in [-0.2, -0.15) is 25.2 Å². The number of guanidine groups is 2. The monoisotopic (exact) mass is 452 g/mol. The predicted molar refractivity (Wildman–Crippen MR) is 119 cm³/mol. The Balaban J connectivity index is 1.54. The fraction of sp³-hybridized carbons (Fsp3) is 0.250. The van der Waals surface area contributed by atoms with E-state index in [-0.39, 0.29) is 17.8 Å². The number of rotatable bonds is 7. The van der Waals surface area contributed by atoms with Crippen LogP contribution in [0.4, 0.5) is 5.13 Å². The highest BCUT2D eigenvalue weighted by molar-refractivity contribution is 7.98. The molecule has 13 heteroatoms. The van der Waals surface area contributed by atoms with Crippen LogP contribution in [-0.2, 0) is 16.0 Å². The van der Waals surface area contributed by atoms with E-state index in [1.54, 1.807) is 36.0 Å². The van der Waals surface area contributed by atoms with Gasteiger partial charge in [0.25, 0.3) is 0 Å². The van der Waals surface area contributed by atoms with Crippen molar-refractivity contribution in [2.24, 2.45) is 15.1 Å². The third-order valence-corrected chi connectivity index (χ3v) is 6.73. The number of thioether (sulfide) groups is 1. The molecule has 0 amide bonds. The number of thiazole rings is 1. The third kappa shape index (κ3) is 5.68. The molecule has 3 rings (SSSR count). The average molecular weight is 453 g/mol. The van der Waals surface area contributed by atoms with Gasteiger partial charge in [0.05, 0.1) is 5.69 Å². The fourth-order valence-corrected chi connectivity index (χ4v) is 4.67. The van der Waals surface area contributed by atoms with Gasteiger partial charge >= 0.3 is 10.2 Å². The van der Waals surface area contributed by atoms with Crippen LogP contribution in [0.15, 0.2) is 45.1 Å². The molecule has 0 bridgehead atoms. The summed E-state index contributed by atoms with van der Waals surface area (Å²) in [6.45, 7) is 0.522. The van der Waals surface area contributed by atoms with Gasteiger partial charge in [-0.1, -0.05) is 30.3 Å². The first-order valence-corrected chi connectivity index (χ1v) is 11.9. The molecule has 2 heterocycles. The highest BCUT2D eigenvalue weighted by Crippen LogP contribution is 2.19. The Kier molecular flexibility index (Phi) is 6.71. The molecule has 0 atom stereocenters. The van der Waals surface area contributed by atoms with Crippen LogP contribution in [0.25, 0.3) is 0 Å². The molecule has 1 aliphatic rings. The van der Waals surface area contributed by atoms with Crippen molar-refractivity contribution in [3.63, 3.8) is 0 Å². The van der Waals surface area contributed by atoms with Gasteiger partial charge in [0, 0.05) is 36.0 Å². The second-order valence-corrected chi connectivity index (χ2v) is 9.41. The molecule has 2 aromatic rings. The Morgan fingerprint density at radius 2 is 2.10 bits per heavy atom. The molecule has 0 spiro atoms. The molecule has 0 saturated carbocycles. The Bertz CT molecular complexity index is 1030. The van der Waals surface area contributed by atoms with Gasteiger partial charge in [-0.3, -0.25) is 5.41 Å². The van der Waals surface area contributed by atoms with Crippen molar-refractivity contribution in [1.29, 1.82) is 5.41 Å². The van der Waals surface area contributed by atoms with E-state index in [4.69, 9.17) is 11.1 Å². The van der Waals surface area contributed by atoms with Gasteiger partial charge in [0.2, 0.25) is 5.96 Å². The summed E-state index contributed by atoms with van der Waals surface area (Å²) in [4.78, 5) is 8.69. The first-order valence-electron chi connectivity index (χ1n) is 8.45. The van der Waals surface area contributed by atoms with Gasteiger partial charge in [0.1, 0.15) is 0 Å². The van der Waals surface area contributed by atoms with E-state index in [2.05, 4.69) is 25.0 Å². The summed E-state index contributed by atoms with van der Waals surface area (Å²) < 4.78 is 29.4. The average Bonchev–Trinajstić information content (AvgIpc) is 3.11. The first-order chi connectivity index (χ1) is 13.8. The molecule has 29 heavy (non-hydrogen) atoms. The smallest absolute Gasteiger partial charge is 0.348 e. The summed E-state index contributed by atoms with van der Waals surface area (Å²) in [5.41, 5.74) is 6.80. The molecule has 0 aliphatic carbocycles. The van der Waals surface area contributed by atoms with Crippen LogP contribution in [0.5, 0.6) is 0 Å². The van der Waals surface area contributed by atoms with Crippen molar-refractivity contribution in [2.45, 2.75) is 5.75 Å². The molecule has 1 aromatic carbocycles. The molecule has 0 fully saturated rings. The number of nitrogens with one attached hydrogen (secondary N) is 3. The molecule has 0 saturated heterocycles. The number of nitrogens with zero attached hydrogens (tertiary/aromatic N) is 4. The molecule has 154 valence electrons. The molecule has 1 aromatic heterocycles. The van der Waals surface area contributed by atoms with Gasteiger partial charge < -0.3 is 16.4 Å². The van der Waals surface area contributed by atoms with E-state index >= 15 is 0 Å². The van der Waals surface area contributed by atoms with Gasteiger partial charge in [-0.15, -0.1) is 15.7 Å². The number of hydrogen-bond donors (Lipinski definition) is 4. The van der Waals surface area contributed by atoms with E-state index in [0.29, 0.717) is 23.0 Å². The van der Waals surface area contributed by atoms with Crippen LogP contribution in [0.1, 0.15) is 11.3 Å². The lowest BCUT2D eigenvalue weighted by Gasteiger charge is -2.23. The summed E-state index contributed by atoms with van der Waals surface area (Å²) >= 11 is 3.03. The SMILES string of the molecule is CN1C(NCCSCc2csc(NC(=N)N)n2)=NC(c2ccccc2)=NS1(=O)=O. The largest absolute Gasteiger partial charge is 0.370 e. The van der Waals surface area contributed by atoms with Crippen molar-refractivity contribution < 1.29 is 8.42 Å². The third-order valence-electron chi connectivity index (χ3n) is 3.66. The Morgan fingerprint density at radius 3 is 2.83 bits per heavy atom. The van der Waals surface area contributed by atoms with Gasteiger partial charge in [-0.25, -0.2) is 9.29 Å². The molecular weight excluding hydrogens is 432 g/mol. The van der Waals surface area contributed by atoms with Crippen molar-refractivity contribution in [1.82, 2.24) is 14.6 Å². The zero-order valence-electron chi connectivity index (χ0n) is 15.5. The number of aromatic nitrogens is 1. The molecular formula is C16H20N8O2S3. The summed E-state index contributed by atoms with van der Waals surface area (Å²) in [5, 5.41) is 15.4. The topological polar surface area (TPSA) is 149 Å². The minimum atomic E-state index is -3.82. The Labute approximate surface area is 177 Å². The maximum atomic E-state index is 12.3. The summed E-state index contributed by atoms with van der Waals surface area (Å²) in [7, 11) is -2.41. The minimum Gasteiger partial charge on any atom is -0.370 e. The number of amidine groups is 1. The minimum absolute atomic E-state index is 0.145. The number of anilines is 1. The summed E-state index contributed by atoms with van der Waals surface area (Å²) in [5.74, 6) is 1.66. The van der Waals surface area contributed by atoms with Crippen molar-refractivity contribution in [3.8, 4) is 0 Å². The second kappa shape index (κ2) is 9.24. The fourth-order valence-electron chi connectivity index (χ4n) is 2.28. The van der Waals surface area contributed by atoms with E-state index in [1.807, 2.05) is 11.4 Å². The van der Waals surface area contributed by atoms with Crippen LogP contribution in [0.3, 0.4) is 0 Å². The zero-order chi connectivity index (χ0) is 20.9. The molecule has 0 unspecified atom stereocenters. The first kappa shape index (κ1) is 21.1. The lowest BCUT2D eigenvalue weighted by Crippen LogP contribution is -2.45. The standard InChI is InChI=1S/C16H20N8O2S3/c1-24-15(21-13(23-29(24,25)26)11-5-3-2-4-6-11)19-7-8-27-9-12-10-28-16(20-12)22-14(17)18/h2-6,10H,7-9H2,1H3,(H,19,21,23)(H4,17,18,20,22).